The van der Waals surface area contributed by atoms with Crippen molar-refractivity contribution < 1.29 is 9.50 Å². The molecule has 8 heteroatoms. The number of phenolic OH excluding ortho intramolecular Hbond substituents is 1. The maximum atomic E-state index is 16.5. The number of hydrogen-bond acceptors (Lipinski definition) is 7. The normalized spacial score (nSPS) is 22.4. The third-order valence-electron chi connectivity index (χ3n) is 8.85. The minimum Gasteiger partial charge on any atom is -0.508 e. The minimum atomic E-state index is -0.378. The summed E-state index contributed by atoms with van der Waals surface area (Å²) in [5.74, 6) is 1.13. The van der Waals surface area contributed by atoms with Crippen molar-refractivity contribution in [1.29, 1.82) is 0 Å². The average molecular weight is 513 g/mol. The van der Waals surface area contributed by atoms with Gasteiger partial charge < -0.3 is 25.1 Å². The van der Waals surface area contributed by atoms with Crippen LogP contribution in [0.4, 0.5) is 16.2 Å². The summed E-state index contributed by atoms with van der Waals surface area (Å²) in [7, 11) is 4.18. The Morgan fingerprint density at radius 1 is 0.947 bits per heavy atom. The molecule has 1 aromatic heterocycles. The molecular weight excluding hydrogens is 479 g/mol. The lowest BCUT2D eigenvalue weighted by Crippen LogP contribution is -2.67. The molecule has 0 aliphatic carbocycles. The number of anilines is 2. The fourth-order valence-electron chi connectivity index (χ4n) is 6.41. The van der Waals surface area contributed by atoms with Crippen molar-refractivity contribution >= 4 is 33.4 Å². The molecular formula is C30H33FN6O. The van der Waals surface area contributed by atoms with E-state index >= 15 is 4.39 Å². The van der Waals surface area contributed by atoms with Gasteiger partial charge in [0, 0.05) is 49.2 Å². The molecule has 3 aromatic carbocycles. The molecule has 0 saturated carbocycles. The number of rotatable bonds is 4. The predicted octanol–water partition coefficient (Wildman–Crippen LogP) is 4.38. The van der Waals surface area contributed by atoms with Gasteiger partial charge in [-0.05, 0) is 68.4 Å². The molecule has 3 saturated heterocycles. The van der Waals surface area contributed by atoms with Gasteiger partial charge in [0.15, 0.2) is 5.82 Å². The zero-order valence-electron chi connectivity index (χ0n) is 22.1. The number of nitrogens with zero attached hydrogens (tertiary/aromatic N) is 5. The van der Waals surface area contributed by atoms with E-state index in [-0.39, 0.29) is 17.1 Å². The first-order valence-electron chi connectivity index (χ1n) is 13.4. The Morgan fingerprint density at radius 2 is 1.68 bits per heavy atom. The van der Waals surface area contributed by atoms with E-state index in [2.05, 4.69) is 41.0 Å². The lowest BCUT2D eigenvalue weighted by molar-refractivity contribution is 0.132. The summed E-state index contributed by atoms with van der Waals surface area (Å²) in [6.45, 7) is 5.52. The van der Waals surface area contributed by atoms with Crippen LogP contribution in [0, 0.1) is 5.82 Å². The molecule has 0 radical (unpaired) electrons. The largest absolute Gasteiger partial charge is 0.508 e. The third-order valence-corrected chi connectivity index (χ3v) is 8.85. The van der Waals surface area contributed by atoms with Crippen molar-refractivity contribution in [3.63, 3.8) is 0 Å². The number of likely N-dealkylation sites (N-methyl/N-ethyl adjacent to an activating group) is 1. The number of phenols is 1. The monoisotopic (exact) mass is 512 g/mol. The summed E-state index contributed by atoms with van der Waals surface area (Å²) < 4.78 is 16.5. The quantitative estimate of drug-likeness (QED) is 0.421. The third kappa shape index (κ3) is 3.69. The molecule has 3 aliphatic rings. The minimum absolute atomic E-state index is 0.0352. The molecule has 2 N–H and O–H groups in total. The van der Waals surface area contributed by atoms with Crippen LogP contribution in [0.3, 0.4) is 0 Å². The van der Waals surface area contributed by atoms with Crippen LogP contribution < -0.4 is 15.1 Å². The van der Waals surface area contributed by atoms with Gasteiger partial charge >= 0.3 is 0 Å². The Balaban J connectivity index is 1.40. The second kappa shape index (κ2) is 8.51. The average Bonchev–Trinajstić information content (AvgIpc) is 3.23. The van der Waals surface area contributed by atoms with Crippen LogP contribution in [0.2, 0.25) is 0 Å². The first-order chi connectivity index (χ1) is 18.3. The number of fused-ring (bicyclic) bond motifs is 4. The Kier molecular flexibility index (Phi) is 5.29. The first-order valence-corrected chi connectivity index (χ1v) is 13.4. The van der Waals surface area contributed by atoms with Crippen LogP contribution in [0.15, 0.2) is 48.5 Å². The van der Waals surface area contributed by atoms with Crippen LogP contribution in [-0.2, 0) is 0 Å². The van der Waals surface area contributed by atoms with Gasteiger partial charge in [-0.3, -0.25) is 0 Å². The molecule has 0 spiro atoms. The molecule has 7 rings (SSSR count). The number of hydrogen-bond donors (Lipinski definition) is 2. The lowest BCUT2D eigenvalue weighted by atomic mass is 9.91. The Bertz CT molecular complexity index is 1550. The van der Waals surface area contributed by atoms with Gasteiger partial charge in [0.05, 0.1) is 5.54 Å². The zero-order chi connectivity index (χ0) is 26.2. The van der Waals surface area contributed by atoms with Crippen LogP contribution >= 0.6 is 0 Å². The number of aromatic hydroxyl groups is 1. The SMILES string of the molecule is CN(C)C1(C)CN(c2nc(N3CC4CCC(C3)N4)c3ccc(-c4cc(O)cc5ccccc45)c(F)c3n2)C1. The molecule has 0 amide bonds. The van der Waals surface area contributed by atoms with Gasteiger partial charge in [0.2, 0.25) is 5.95 Å². The molecule has 2 unspecified atom stereocenters. The second-order valence-electron chi connectivity index (χ2n) is 11.7. The fourth-order valence-corrected chi connectivity index (χ4v) is 6.41. The fraction of sp³-hybridized carbons (Fsp3) is 0.400. The molecule has 3 aliphatic heterocycles. The highest BCUT2D eigenvalue weighted by Gasteiger charge is 2.42. The van der Waals surface area contributed by atoms with Crippen LogP contribution in [0.1, 0.15) is 19.8 Å². The molecule has 196 valence electrons. The van der Waals surface area contributed by atoms with E-state index in [1.165, 1.54) is 0 Å². The van der Waals surface area contributed by atoms with Crippen molar-refractivity contribution in [3.8, 4) is 16.9 Å². The molecule has 4 heterocycles. The highest BCUT2D eigenvalue weighted by molar-refractivity contribution is 6.01. The Morgan fingerprint density at radius 3 is 2.42 bits per heavy atom. The van der Waals surface area contributed by atoms with E-state index in [1.807, 2.05) is 36.4 Å². The molecule has 2 bridgehead atoms. The summed E-state index contributed by atoms with van der Waals surface area (Å²) in [4.78, 5) is 16.6. The lowest BCUT2D eigenvalue weighted by Gasteiger charge is -2.52. The van der Waals surface area contributed by atoms with Crippen molar-refractivity contribution in [2.24, 2.45) is 0 Å². The van der Waals surface area contributed by atoms with E-state index in [0.717, 1.165) is 61.0 Å². The van der Waals surface area contributed by atoms with E-state index in [4.69, 9.17) is 9.97 Å². The number of nitrogens with one attached hydrogen (secondary N) is 1. The maximum Gasteiger partial charge on any atom is 0.228 e. The van der Waals surface area contributed by atoms with E-state index in [1.54, 1.807) is 12.1 Å². The van der Waals surface area contributed by atoms with Gasteiger partial charge in [-0.15, -0.1) is 0 Å². The number of benzene rings is 3. The maximum absolute atomic E-state index is 16.5. The zero-order valence-corrected chi connectivity index (χ0v) is 22.1. The Hall–Kier alpha value is -3.49. The van der Waals surface area contributed by atoms with Crippen molar-refractivity contribution in [2.45, 2.75) is 37.4 Å². The smallest absolute Gasteiger partial charge is 0.228 e. The number of piperazine rings is 1. The van der Waals surface area contributed by atoms with Gasteiger partial charge in [-0.2, -0.15) is 4.98 Å². The summed E-state index contributed by atoms with van der Waals surface area (Å²) >= 11 is 0. The molecule has 7 nitrogen and oxygen atoms in total. The van der Waals surface area contributed by atoms with Gasteiger partial charge in [0.1, 0.15) is 17.1 Å². The van der Waals surface area contributed by atoms with Crippen LogP contribution in [0.5, 0.6) is 5.75 Å². The van der Waals surface area contributed by atoms with Gasteiger partial charge in [-0.25, -0.2) is 9.37 Å². The topological polar surface area (TPSA) is 67.8 Å². The summed E-state index contributed by atoms with van der Waals surface area (Å²) in [5.41, 5.74) is 1.46. The standard InChI is InChI=1S/C30H33FN6O/c1-30(35(2)3)16-37(17-30)29-33-27-24(28(34-29)36-14-19-8-9-20(15-36)32-19)11-10-23(26(27)31)25-13-21(38)12-18-6-4-5-7-22(18)25/h4-7,10-13,19-20,32,38H,8-9,14-17H2,1-3H3. The second-order valence-corrected chi connectivity index (χ2v) is 11.7. The number of halogens is 1. The van der Waals surface area contributed by atoms with Crippen molar-refractivity contribution in [1.82, 2.24) is 20.2 Å². The predicted molar refractivity (Wildman–Crippen MR) is 151 cm³/mol. The highest BCUT2D eigenvalue weighted by Crippen LogP contribution is 2.40. The molecule has 38 heavy (non-hydrogen) atoms. The summed E-state index contributed by atoms with van der Waals surface area (Å²) in [5, 5.41) is 16.6. The Labute approximate surface area is 221 Å². The van der Waals surface area contributed by atoms with Crippen molar-refractivity contribution in [2.75, 3.05) is 50.1 Å². The van der Waals surface area contributed by atoms with E-state index in [0.29, 0.717) is 34.7 Å². The van der Waals surface area contributed by atoms with Gasteiger partial charge in [0.25, 0.3) is 0 Å². The van der Waals surface area contributed by atoms with Gasteiger partial charge in [-0.1, -0.05) is 30.3 Å². The molecule has 3 fully saturated rings. The first kappa shape index (κ1) is 23.6. The van der Waals surface area contributed by atoms with Crippen LogP contribution in [0.25, 0.3) is 32.8 Å². The van der Waals surface area contributed by atoms with Crippen LogP contribution in [-0.4, -0.2) is 77.9 Å². The highest BCUT2D eigenvalue weighted by atomic mass is 19.1. The molecule has 4 aromatic rings. The van der Waals surface area contributed by atoms with E-state index in [9.17, 15) is 5.11 Å². The van der Waals surface area contributed by atoms with E-state index < -0.39 is 0 Å². The number of aromatic nitrogens is 2. The van der Waals surface area contributed by atoms with Crippen molar-refractivity contribution in [3.05, 3.63) is 54.3 Å². The molecule has 2 atom stereocenters. The summed E-state index contributed by atoms with van der Waals surface area (Å²) in [6.07, 6.45) is 2.32. The summed E-state index contributed by atoms with van der Waals surface area (Å²) in [6, 6.07) is 15.7.